The normalized spacial score (nSPS) is 11.8. The van der Waals surface area contributed by atoms with Crippen molar-refractivity contribution >= 4 is 65.2 Å². The maximum Gasteiger partial charge on any atom is 0.0973 e. The molecule has 10 rings (SSSR count). The van der Waals surface area contributed by atoms with Crippen LogP contribution in [0.2, 0.25) is 0 Å². The third-order valence-corrected chi connectivity index (χ3v) is 9.50. The van der Waals surface area contributed by atoms with Gasteiger partial charge in [-0.05, 0) is 63.3 Å². The minimum absolute atomic E-state index is 0.873. The monoisotopic (exact) mass is 597 g/mol. The van der Waals surface area contributed by atoms with Gasteiger partial charge >= 0.3 is 0 Å². The number of aromatic nitrogens is 3. The second-order valence-corrected chi connectivity index (χ2v) is 12.2. The second kappa shape index (κ2) is 10.1. The van der Waals surface area contributed by atoms with Crippen molar-refractivity contribution in [1.82, 2.24) is 14.5 Å². The molecular weight excluding hydrogens is 571 g/mol. The molecule has 10 aromatic rings. The van der Waals surface area contributed by atoms with Crippen LogP contribution in [0.25, 0.3) is 93.4 Å². The zero-order chi connectivity index (χ0) is 30.9. The summed E-state index contributed by atoms with van der Waals surface area (Å²) in [5.41, 5.74) is 9.09. The molecule has 2 aromatic heterocycles. The second-order valence-electron chi connectivity index (χ2n) is 12.2. The first-order valence-corrected chi connectivity index (χ1v) is 16.0. The van der Waals surface area contributed by atoms with Crippen LogP contribution in [-0.2, 0) is 0 Å². The molecule has 0 unspecified atom stereocenters. The van der Waals surface area contributed by atoms with Gasteiger partial charge in [0.25, 0.3) is 0 Å². The predicted molar refractivity (Wildman–Crippen MR) is 197 cm³/mol. The number of benzene rings is 8. The average molecular weight is 598 g/mol. The van der Waals surface area contributed by atoms with Gasteiger partial charge in [0, 0.05) is 33.0 Å². The summed E-state index contributed by atoms with van der Waals surface area (Å²) in [5, 5.41) is 10.0. The van der Waals surface area contributed by atoms with Crippen LogP contribution in [0.15, 0.2) is 164 Å². The van der Waals surface area contributed by atoms with Crippen molar-refractivity contribution in [2.75, 3.05) is 0 Å². The van der Waals surface area contributed by atoms with Gasteiger partial charge < -0.3 is 4.57 Å². The minimum Gasteiger partial charge on any atom is -0.309 e. The van der Waals surface area contributed by atoms with Gasteiger partial charge in [-0.25, -0.2) is 9.97 Å². The molecule has 0 fully saturated rings. The molecule has 0 spiro atoms. The Morgan fingerprint density at radius 1 is 0.383 bits per heavy atom. The molecule has 47 heavy (non-hydrogen) atoms. The van der Waals surface area contributed by atoms with Crippen LogP contribution < -0.4 is 0 Å². The molecule has 0 amide bonds. The fraction of sp³-hybridized carbons (Fsp3) is 0. The number of hydrogen-bond donors (Lipinski definition) is 0. The number of nitrogens with zero attached hydrogens (tertiary/aromatic N) is 3. The fourth-order valence-corrected chi connectivity index (χ4v) is 7.42. The van der Waals surface area contributed by atoms with Gasteiger partial charge in [-0.1, -0.05) is 127 Å². The third-order valence-electron chi connectivity index (χ3n) is 9.50. The van der Waals surface area contributed by atoms with Gasteiger partial charge in [-0.15, -0.1) is 0 Å². The van der Waals surface area contributed by atoms with Gasteiger partial charge in [0.05, 0.1) is 33.5 Å². The van der Waals surface area contributed by atoms with Crippen LogP contribution in [0, 0.1) is 0 Å². The highest BCUT2D eigenvalue weighted by Crippen LogP contribution is 2.44. The molecule has 0 N–H and O–H groups in total. The number of fused-ring (bicyclic) bond motifs is 10. The molecule has 0 aliphatic heterocycles. The molecule has 0 saturated carbocycles. The molecule has 0 aliphatic carbocycles. The first-order valence-electron chi connectivity index (χ1n) is 16.0. The Kier molecular flexibility index (Phi) is 5.57. The Bertz CT molecular complexity index is 2850. The zero-order valence-corrected chi connectivity index (χ0v) is 25.4. The number of hydrogen-bond acceptors (Lipinski definition) is 2. The Hall–Kier alpha value is -6.32. The highest BCUT2D eigenvalue weighted by atomic mass is 15.0. The first-order chi connectivity index (χ1) is 23.3. The van der Waals surface area contributed by atoms with E-state index >= 15 is 0 Å². The van der Waals surface area contributed by atoms with Crippen LogP contribution in [0.1, 0.15) is 0 Å². The maximum absolute atomic E-state index is 5.23. The lowest BCUT2D eigenvalue weighted by molar-refractivity contribution is 1.19. The van der Waals surface area contributed by atoms with E-state index in [4.69, 9.17) is 9.97 Å². The minimum atomic E-state index is 0.873. The molecule has 3 heteroatoms. The average Bonchev–Trinajstić information content (AvgIpc) is 3.48. The molecule has 3 nitrogen and oxygen atoms in total. The summed E-state index contributed by atoms with van der Waals surface area (Å²) in [6.07, 6.45) is 0. The molecule has 218 valence electrons. The van der Waals surface area contributed by atoms with Crippen molar-refractivity contribution in [3.05, 3.63) is 164 Å². The van der Waals surface area contributed by atoms with Crippen LogP contribution >= 0.6 is 0 Å². The summed E-state index contributed by atoms with van der Waals surface area (Å²) in [6.45, 7) is 0. The van der Waals surface area contributed by atoms with Gasteiger partial charge in [0.2, 0.25) is 0 Å². The molecule has 0 radical (unpaired) electrons. The van der Waals surface area contributed by atoms with E-state index in [1.807, 2.05) is 30.3 Å². The molecule has 0 bridgehead atoms. The van der Waals surface area contributed by atoms with E-state index in [2.05, 4.69) is 138 Å². The molecular formula is C44H27N3. The SMILES string of the molecule is c1ccc(-c2nc3ccccc3nc2-c2cccc(-n3c4cc5ccccc5cc4c4c5ccccc5c5ccccc5c43)c2)cc1. The summed E-state index contributed by atoms with van der Waals surface area (Å²) >= 11 is 0. The first kappa shape index (κ1) is 26.0. The van der Waals surface area contributed by atoms with Crippen LogP contribution in [0.4, 0.5) is 0 Å². The standard InChI is InChI=1S/C44H27N3/c1-2-13-28(14-3-1)42-43(46-39-24-11-10-23-38(39)45-42)31-17-12-18-32(25-31)47-40-27-30-16-5-4-15-29(30)26-37(40)41-35-21-8-6-19-33(35)34-20-7-9-22-36(34)44(41)47/h1-27H. The molecule has 0 aliphatic rings. The van der Waals surface area contributed by atoms with Gasteiger partial charge in [0.1, 0.15) is 0 Å². The lowest BCUT2D eigenvalue weighted by atomic mass is 9.96. The molecule has 2 heterocycles. The Morgan fingerprint density at radius 3 is 1.68 bits per heavy atom. The summed E-state index contributed by atoms with van der Waals surface area (Å²) in [6, 6.07) is 58.4. The Morgan fingerprint density at radius 2 is 0.936 bits per heavy atom. The van der Waals surface area contributed by atoms with Gasteiger partial charge in [-0.3, -0.25) is 0 Å². The number of para-hydroxylation sites is 2. The Labute approximate surface area is 271 Å². The van der Waals surface area contributed by atoms with Gasteiger partial charge in [-0.2, -0.15) is 0 Å². The Balaban J connectivity index is 1.34. The predicted octanol–water partition coefficient (Wildman–Crippen LogP) is 11.5. The van der Waals surface area contributed by atoms with Crippen molar-refractivity contribution in [3.63, 3.8) is 0 Å². The van der Waals surface area contributed by atoms with E-state index in [1.165, 1.54) is 54.1 Å². The summed E-state index contributed by atoms with van der Waals surface area (Å²) in [7, 11) is 0. The third kappa shape index (κ3) is 3.93. The van der Waals surface area contributed by atoms with Crippen molar-refractivity contribution in [2.24, 2.45) is 0 Å². The molecule has 0 saturated heterocycles. The van der Waals surface area contributed by atoms with Crippen LogP contribution in [0.5, 0.6) is 0 Å². The highest BCUT2D eigenvalue weighted by molar-refractivity contribution is 6.33. The quantitative estimate of drug-likeness (QED) is 0.190. The van der Waals surface area contributed by atoms with Crippen molar-refractivity contribution in [3.8, 4) is 28.2 Å². The van der Waals surface area contributed by atoms with Crippen molar-refractivity contribution < 1.29 is 0 Å². The van der Waals surface area contributed by atoms with E-state index in [-0.39, 0.29) is 0 Å². The largest absolute Gasteiger partial charge is 0.309 e. The van der Waals surface area contributed by atoms with E-state index in [1.54, 1.807) is 0 Å². The zero-order valence-electron chi connectivity index (χ0n) is 25.4. The summed E-state index contributed by atoms with van der Waals surface area (Å²) in [5.74, 6) is 0. The highest BCUT2D eigenvalue weighted by Gasteiger charge is 2.21. The lowest BCUT2D eigenvalue weighted by Crippen LogP contribution is -1.98. The summed E-state index contributed by atoms with van der Waals surface area (Å²) < 4.78 is 2.46. The maximum atomic E-state index is 5.23. The lowest BCUT2D eigenvalue weighted by Gasteiger charge is -2.15. The van der Waals surface area contributed by atoms with E-state index in [0.29, 0.717) is 0 Å². The molecule has 8 aromatic carbocycles. The molecule has 0 atom stereocenters. The smallest absolute Gasteiger partial charge is 0.0973 e. The topological polar surface area (TPSA) is 30.7 Å². The van der Waals surface area contributed by atoms with Crippen LogP contribution in [0.3, 0.4) is 0 Å². The fourth-order valence-electron chi connectivity index (χ4n) is 7.42. The van der Waals surface area contributed by atoms with Crippen molar-refractivity contribution in [2.45, 2.75) is 0 Å². The van der Waals surface area contributed by atoms with E-state index in [0.717, 1.165) is 39.2 Å². The van der Waals surface area contributed by atoms with Gasteiger partial charge in [0.15, 0.2) is 0 Å². The van der Waals surface area contributed by atoms with Crippen LogP contribution in [-0.4, -0.2) is 14.5 Å². The van der Waals surface area contributed by atoms with E-state index < -0.39 is 0 Å². The summed E-state index contributed by atoms with van der Waals surface area (Å²) in [4.78, 5) is 10.4. The number of rotatable bonds is 3. The van der Waals surface area contributed by atoms with E-state index in [9.17, 15) is 0 Å². The van der Waals surface area contributed by atoms with Crippen molar-refractivity contribution in [1.29, 1.82) is 0 Å².